The number of para-hydroxylation sites is 1. The first-order chi connectivity index (χ1) is 9.31. The second-order valence-electron chi connectivity index (χ2n) is 5.18. The quantitative estimate of drug-likeness (QED) is 0.874. The number of aromatic nitrogens is 1. The summed E-state index contributed by atoms with van der Waals surface area (Å²) in [6.45, 7) is 8.35. The monoisotopic (exact) mass is 327 g/mol. The van der Waals surface area contributed by atoms with Gasteiger partial charge in [0, 0.05) is 50.3 Å². The van der Waals surface area contributed by atoms with E-state index >= 15 is 0 Å². The number of benzene rings is 1. The lowest BCUT2D eigenvalue weighted by atomic mass is 10.0. The topological polar surface area (TPSA) is 20.2 Å². The van der Waals surface area contributed by atoms with Crippen LogP contribution in [-0.2, 0) is 7.05 Å². The molecule has 0 amide bonds. The third kappa shape index (κ3) is 3.43. The molecule has 0 saturated carbocycles. The molecule has 21 heavy (non-hydrogen) atoms. The molecule has 2 aromatic rings. The number of hydrogen-bond acceptors (Lipinski definition) is 2. The fourth-order valence-electron chi connectivity index (χ4n) is 3.04. The molecule has 0 unspecified atom stereocenters. The van der Waals surface area contributed by atoms with Crippen LogP contribution in [0.5, 0.6) is 0 Å². The van der Waals surface area contributed by atoms with Gasteiger partial charge < -0.3 is 9.88 Å². The maximum atomic E-state index is 4.06. The number of hydrogen-bond donors (Lipinski definition) is 1. The smallest absolute Gasteiger partial charge is 0.0551 e. The molecule has 0 radical (unpaired) electrons. The fourth-order valence-corrected chi connectivity index (χ4v) is 3.04. The molecule has 0 bridgehead atoms. The minimum absolute atomic E-state index is 0. The van der Waals surface area contributed by atoms with Crippen molar-refractivity contribution in [1.29, 1.82) is 0 Å². The second-order valence-corrected chi connectivity index (χ2v) is 5.18. The minimum Gasteiger partial charge on any atom is -0.350 e. The molecule has 1 N–H and O–H groups in total. The first kappa shape index (κ1) is 18.1. The molecule has 1 aromatic heterocycles. The van der Waals surface area contributed by atoms with Crippen molar-refractivity contribution in [3.63, 3.8) is 0 Å². The largest absolute Gasteiger partial charge is 0.350 e. The van der Waals surface area contributed by atoms with E-state index in [0.717, 1.165) is 26.2 Å². The van der Waals surface area contributed by atoms with Crippen LogP contribution < -0.4 is 5.32 Å². The molecule has 116 valence electrons. The Morgan fingerprint density at radius 2 is 1.86 bits per heavy atom. The van der Waals surface area contributed by atoms with Crippen molar-refractivity contribution in [2.24, 2.45) is 7.05 Å². The van der Waals surface area contributed by atoms with Gasteiger partial charge in [0.1, 0.15) is 0 Å². The molecule has 0 spiro atoms. The van der Waals surface area contributed by atoms with Gasteiger partial charge >= 0.3 is 0 Å². The summed E-state index contributed by atoms with van der Waals surface area (Å²) in [6, 6.07) is 8.91. The second kappa shape index (κ2) is 7.85. The Morgan fingerprint density at radius 3 is 2.52 bits per heavy atom. The number of fused-ring (bicyclic) bond motifs is 1. The average Bonchev–Trinajstić information content (AvgIpc) is 2.79. The van der Waals surface area contributed by atoms with Crippen LogP contribution in [0.25, 0.3) is 10.9 Å². The van der Waals surface area contributed by atoms with Crippen LogP contribution in [0.3, 0.4) is 0 Å². The van der Waals surface area contributed by atoms with E-state index < -0.39 is 0 Å². The number of halogens is 2. The first-order valence-corrected chi connectivity index (χ1v) is 6.92. The molecule has 1 aromatic carbocycles. The lowest BCUT2D eigenvalue weighted by Crippen LogP contribution is -2.44. The van der Waals surface area contributed by atoms with Gasteiger partial charge in [0.25, 0.3) is 0 Å². The van der Waals surface area contributed by atoms with Crippen LogP contribution in [0, 0.1) is 0 Å². The molecule has 3 nitrogen and oxygen atoms in total. The maximum Gasteiger partial charge on any atom is 0.0551 e. The number of rotatable bonds is 3. The number of piperazine rings is 1. The molecular weight excluding hydrogens is 305 g/mol. The molecule has 1 atom stereocenters. The highest BCUT2D eigenvalue weighted by Gasteiger charge is 2.22. The molecular formula is C16H23Cl2N3. The Kier molecular flexibility index (Phi) is 6.75. The van der Waals surface area contributed by atoms with Crippen molar-refractivity contribution >= 4 is 35.7 Å². The van der Waals surface area contributed by atoms with Crippen molar-refractivity contribution in [2.75, 3.05) is 26.2 Å². The highest BCUT2D eigenvalue weighted by Crippen LogP contribution is 2.30. The standard InChI is InChI=1S/C16H21N3.2ClH/c1-3-15(19-10-8-17-9-11-19)14-12-18(2)16-7-5-4-6-13(14)16;;/h3-7,12,15,17H,1,8-11H2,2H3;2*1H/t15-;;/m0../s1. The molecule has 1 saturated heterocycles. The van der Waals surface area contributed by atoms with E-state index in [2.05, 4.69) is 64.9 Å². The zero-order chi connectivity index (χ0) is 13.2. The number of nitrogens with zero attached hydrogens (tertiary/aromatic N) is 2. The van der Waals surface area contributed by atoms with E-state index in [1.807, 2.05) is 0 Å². The molecule has 1 aliphatic rings. The van der Waals surface area contributed by atoms with Gasteiger partial charge in [0.15, 0.2) is 0 Å². The van der Waals surface area contributed by atoms with Crippen LogP contribution in [0.4, 0.5) is 0 Å². The van der Waals surface area contributed by atoms with E-state index in [1.165, 1.54) is 16.5 Å². The van der Waals surface area contributed by atoms with E-state index in [-0.39, 0.29) is 24.8 Å². The third-order valence-electron chi connectivity index (χ3n) is 4.01. The summed E-state index contributed by atoms with van der Waals surface area (Å²) in [4.78, 5) is 2.51. The number of nitrogens with one attached hydrogen (secondary N) is 1. The summed E-state index contributed by atoms with van der Waals surface area (Å²) >= 11 is 0. The van der Waals surface area contributed by atoms with E-state index in [0.29, 0.717) is 6.04 Å². The van der Waals surface area contributed by atoms with Crippen molar-refractivity contribution < 1.29 is 0 Å². The molecule has 2 heterocycles. The van der Waals surface area contributed by atoms with Gasteiger partial charge in [0.2, 0.25) is 0 Å². The van der Waals surface area contributed by atoms with Gasteiger partial charge in [-0.2, -0.15) is 0 Å². The van der Waals surface area contributed by atoms with E-state index in [9.17, 15) is 0 Å². The fraction of sp³-hybridized carbons (Fsp3) is 0.375. The number of aryl methyl sites for hydroxylation is 1. The maximum absolute atomic E-state index is 4.06. The van der Waals surface area contributed by atoms with Gasteiger partial charge in [0.05, 0.1) is 6.04 Å². The first-order valence-electron chi connectivity index (χ1n) is 6.92. The molecule has 3 rings (SSSR count). The highest BCUT2D eigenvalue weighted by molar-refractivity contribution is 5.86. The Bertz CT molecular complexity index is 588. The van der Waals surface area contributed by atoms with Crippen molar-refractivity contribution in [3.05, 3.63) is 48.7 Å². The van der Waals surface area contributed by atoms with Gasteiger partial charge in [-0.3, -0.25) is 4.90 Å². The van der Waals surface area contributed by atoms with Crippen molar-refractivity contribution in [2.45, 2.75) is 6.04 Å². The molecule has 5 heteroatoms. The lowest BCUT2D eigenvalue weighted by molar-refractivity contribution is 0.204. The zero-order valence-electron chi connectivity index (χ0n) is 12.3. The lowest BCUT2D eigenvalue weighted by Gasteiger charge is -2.33. The van der Waals surface area contributed by atoms with Gasteiger partial charge in [-0.1, -0.05) is 24.3 Å². The average molecular weight is 328 g/mol. The SMILES string of the molecule is C=C[C@@H](c1cn(C)c2ccccc12)N1CCNCC1.Cl.Cl. The molecule has 0 aliphatic carbocycles. The van der Waals surface area contributed by atoms with E-state index in [1.54, 1.807) is 0 Å². The summed E-state index contributed by atoms with van der Waals surface area (Å²) in [5.41, 5.74) is 2.66. The minimum atomic E-state index is 0. The predicted octanol–water partition coefficient (Wildman–Crippen LogP) is 3.15. The Balaban J connectivity index is 0.00000110. The van der Waals surface area contributed by atoms with Crippen LogP contribution in [-0.4, -0.2) is 35.6 Å². The highest BCUT2D eigenvalue weighted by atomic mass is 35.5. The van der Waals surface area contributed by atoms with Crippen molar-refractivity contribution in [1.82, 2.24) is 14.8 Å². The van der Waals surface area contributed by atoms with Crippen LogP contribution in [0.15, 0.2) is 43.1 Å². The van der Waals surface area contributed by atoms with Crippen LogP contribution in [0.2, 0.25) is 0 Å². The third-order valence-corrected chi connectivity index (χ3v) is 4.01. The van der Waals surface area contributed by atoms with Crippen LogP contribution >= 0.6 is 24.8 Å². The van der Waals surface area contributed by atoms with Gasteiger partial charge in [-0.25, -0.2) is 0 Å². The zero-order valence-corrected chi connectivity index (χ0v) is 13.9. The normalized spacial score (nSPS) is 16.8. The van der Waals surface area contributed by atoms with Gasteiger partial charge in [-0.15, -0.1) is 31.4 Å². The van der Waals surface area contributed by atoms with Gasteiger partial charge in [-0.05, 0) is 11.6 Å². The van der Waals surface area contributed by atoms with E-state index in [4.69, 9.17) is 0 Å². The Hall–Kier alpha value is -1.000. The predicted molar refractivity (Wildman–Crippen MR) is 94.8 cm³/mol. The van der Waals surface area contributed by atoms with Crippen molar-refractivity contribution in [3.8, 4) is 0 Å². The Labute approximate surface area is 138 Å². The summed E-state index contributed by atoms with van der Waals surface area (Å²) < 4.78 is 2.21. The summed E-state index contributed by atoms with van der Waals surface area (Å²) in [6.07, 6.45) is 4.33. The summed E-state index contributed by atoms with van der Waals surface area (Å²) in [5, 5.41) is 4.75. The summed E-state index contributed by atoms with van der Waals surface area (Å²) in [5.74, 6) is 0. The van der Waals surface area contributed by atoms with Crippen LogP contribution in [0.1, 0.15) is 11.6 Å². The summed E-state index contributed by atoms with van der Waals surface area (Å²) in [7, 11) is 2.11. The molecule has 1 aliphatic heterocycles. The molecule has 1 fully saturated rings. The Morgan fingerprint density at radius 1 is 1.19 bits per heavy atom.